The van der Waals surface area contributed by atoms with E-state index < -0.39 is 0 Å². The number of rotatable bonds is 3. The smallest absolute Gasteiger partial charge is 0.159 e. The summed E-state index contributed by atoms with van der Waals surface area (Å²) in [6.45, 7) is 1.59. The quantitative estimate of drug-likeness (QED) is 0.400. The van der Waals surface area contributed by atoms with Crippen molar-refractivity contribution in [1.82, 2.24) is 0 Å². The van der Waals surface area contributed by atoms with Crippen molar-refractivity contribution in [1.29, 1.82) is 0 Å². The fourth-order valence-electron chi connectivity index (χ4n) is 3.12. The second kappa shape index (κ2) is 6.37. The molecule has 0 bridgehead atoms. The maximum absolute atomic E-state index is 11.4. The van der Waals surface area contributed by atoms with E-state index in [9.17, 15) is 4.79 Å². The number of fused-ring (bicyclic) bond motifs is 1. The van der Waals surface area contributed by atoms with E-state index in [0.717, 1.165) is 16.7 Å². The third-order valence-corrected chi connectivity index (χ3v) is 4.59. The van der Waals surface area contributed by atoms with Gasteiger partial charge in [-0.1, -0.05) is 84.9 Å². The predicted molar refractivity (Wildman–Crippen MR) is 105 cm³/mol. The van der Waals surface area contributed by atoms with Crippen molar-refractivity contribution >= 4 is 16.6 Å². The predicted octanol–water partition coefficient (Wildman–Crippen LogP) is 6.38. The molecule has 25 heavy (non-hydrogen) atoms. The van der Waals surface area contributed by atoms with E-state index in [-0.39, 0.29) is 5.78 Å². The molecule has 0 aliphatic carbocycles. The lowest BCUT2D eigenvalue weighted by molar-refractivity contribution is 0.101. The highest BCUT2D eigenvalue weighted by molar-refractivity contribution is 5.94. The van der Waals surface area contributed by atoms with Gasteiger partial charge in [0.05, 0.1) is 0 Å². The zero-order valence-electron chi connectivity index (χ0n) is 14.1. The van der Waals surface area contributed by atoms with E-state index in [1.54, 1.807) is 6.92 Å². The van der Waals surface area contributed by atoms with E-state index in [0.29, 0.717) is 0 Å². The molecule has 1 nitrogen and oxygen atoms in total. The standard InChI is InChI=1S/C24H18O/c1-17(25)18-6-8-20(9-7-18)21-10-12-22(13-11-21)24-15-14-19-4-2-3-5-23(19)16-24/h2-16H,1H3. The lowest BCUT2D eigenvalue weighted by atomic mass is 9.98. The monoisotopic (exact) mass is 322 g/mol. The molecule has 0 unspecified atom stereocenters. The maximum Gasteiger partial charge on any atom is 0.159 e. The summed E-state index contributed by atoms with van der Waals surface area (Å²) in [4.78, 5) is 11.4. The highest BCUT2D eigenvalue weighted by atomic mass is 16.1. The second-order valence-corrected chi connectivity index (χ2v) is 6.27. The third kappa shape index (κ3) is 3.09. The highest BCUT2D eigenvalue weighted by Crippen LogP contribution is 2.27. The van der Waals surface area contributed by atoms with Gasteiger partial charge in [0.15, 0.2) is 5.78 Å². The molecule has 0 N–H and O–H groups in total. The van der Waals surface area contributed by atoms with E-state index in [4.69, 9.17) is 0 Å². The van der Waals surface area contributed by atoms with Crippen molar-refractivity contribution < 1.29 is 4.79 Å². The van der Waals surface area contributed by atoms with Gasteiger partial charge in [-0.25, -0.2) is 0 Å². The molecule has 4 aromatic rings. The Morgan fingerprint density at radius 1 is 0.560 bits per heavy atom. The average Bonchev–Trinajstić information content (AvgIpc) is 2.68. The number of Topliss-reactive ketones (excluding diaryl/α,β-unsaturated/α-hetero) is 1. The lowest BCUT2D eigenvalue weighted by Crippen LogP contribution is -1.90. The van der Waals surface area contributed by atoms with E-state index in [2.05, 4.69) is 66.7 Å². The van der Waals surface area contributed by atoms with Crippen molar-refractivity contribution in [2.75, 3.05) is 0 Å². The van der Waals surface area contributed by atoms with Crippen molar-refractivity contribution in [3.63, 3.8) is 0 Å². The largest absolute Gasteiger partial charge is 0.295 e. The van der Waals surface area contributed by atoms with Gasteiger partial charge in [-0.3, -0.25) is 4.79 Å². The zero-order valence-corrected chi connectivity index (χ0v) is 14.1. The minimum Gasteiger partial charge on any atom is -0.295 e. The minimum atomic E-state index is 0.0956. The molecular weight excluding hydrogens is 304 g/mol. The number of carbonyl (C=O) groups excluding carboxylic acids is 1. The van der Waals surface area contributed by atoms with Crippen LogP contribution in [0.2, 0.25) is 0 Å². The summed E-state index contributed by atoms with van der Waals surface area (Å²) < 4.78 is 0. The third-order valence-electron chi connectivity index (χ3n) is 4.59. The Morgan fingerprint density at radius 3 is 1.64 bits per heavy atom. The molecule has 0 fully saturated rings. The Hall–Kier alpha value is -3.19. The van der Waals surface area contributed by atoms with Crippen LogP contribution in [0.1, 0.15) is 17.3 Å². The van der Waals surface area contributed by atoms with E-state index in [1.165, 1.54) is 21.9 Å². The Bertz CT molecular complexity index is 1040. The molecule has 0 aromatic heterocycles. The summed E-state index contributed by atoms with van der Waals surface area (Å²) in [6.07, 6.45) is 0. The van der Waals surface area contributed by atoms with Gasteiger partial charge in [-0.2, -0.15) is 0 Å². The molecule has 0 aliphatic rings. The Labute approximate surface area is 147 Å². The highest BCUT2D eigenvalue weighted by Gasteiger charge is 2.03. The van der Waals surface area contributed by atoms with Crippen LogP contribution in [0.5, 0.6) is 0 Å². The first-order valence-electron chi connectivity index (χ1n) is 8.41. The van der Waals surface area contributed by atoms with E-state index in [1.807, 2.05) is 24.3 Å². The van der Waals surface area contributed by atoms with E-state index >= 15 is 0 Å². The van der Waals surface area contributed by atoms with Crippen LogP contribution in [0.25, 0.3) is 33.0 Å². The summed E-state index contributed by atoms with van der Waals surface area (Å²) in [7, 11) is 0. The van der Waals surface area contributed by atoms with Crippen LogP contribution < -0.4 is 0 Å². The first-order chi connectivity index (χ1) is 12.2. The molecule has 0 atom stereocenters. The second-order valence-electron chi connectivity index (χ2n) is 6.27. The van der Waals surface area contributed by atoms with Crippen LogP contribution in [0.4, 0.5) is 0 Å². The normalized spacial score (nSPS) is 10.8. The van der Waals surface area contributed by atoms with Crippen LogP contribution in [-0.4, -0.2) is 5.78 Å². The lowest BCUT2D eigenvalue weighted by Gasteiger charge is -2.07. The molecule has 0 amide bonds. The van der Waals surface area contributed by atoms with Gasteiger partial charge in [-0.15, -0.1) is 0 Å². The van der Waals surface area contributed by atoms with Gasteiger partial charge < -0.3 is 0 Å². The maximum atomic E-state index is 11.4. The Kier molecular flexibility index (Phi) is 3.91. The molecule has 0 aliphatic heterocycles. The SMILES string of the molecule is CC(=O)c1ccc(-c2ccc(-c3ccc4ccccc4c3)cc2)cc1. The molecule has 1 heteroatoms. The summed E-state index contributed by atoms with van der Waals surface area (Å²) in [6, 6.07) is 31.3. The van der Waals surface area contributed by atoms with Gasteiger partial charge in [0.1, 0.15) is 0 Å². The molecule has 4 aromatic carbocycles. The number of hydrogen-bond acceptors (Lipinski definition) is 1. The fourth-order valence-corrected chi connectivity index (χ4v) is 3.12. The topological polar surface area (TPSA) is 17.1 Å². The van der Waals surface area contributed by atoms with Gasteiger partial charge in [-0.05, 0) is 46.0 Å². The summed E-state index contributed by atoms with van der Waals surface area (Å²) in [5.41, 5.74) is 5.44. The van der Waals surface area contributed by atoms with Crippen LogP contribution in [0, 0.1) is 0 Å². The molecule has 0 heterocycles. The summed E-state index contributed by atoms with van der Waals surface area (Å²) in [5, 5.41) is 2.51. The molecule has 0 radical (unpaired) electrons. The average molecular weight is 322 g/mol. The van der Waals surface area contributed by atoms with Gasteiger partial charge in [0, 0.05) is 5.56 Å². The number of ketones is 1. The molecule has 4 rings (SSSR count). The van der Waals surface area contributed by atoms with Crippen molar-refractivity contribution in [3.8, 4) is 22.3 Å². The number of benzene rings is 4. The van der Waals surface area contributed by atoms with Crippen molar-refractivity contribution in [2.45, 2.75) is 6.92 Å². The first kappa shape index (κ1) is 15.3. The molecule has 0 saturated carbocycles. The van der Waals surface area contributed by atoms with Crippen molar-refractivity contribution in [3.05, 3.63) is 96.6 Å². The van der Waals surface area contributed by atoms with Gasteiger partial charge >= 0.3 is 0 Å². The zero-order chi connectivity index (χ0) is 17.2. The van der Waals surface area contributed by atoms with Crippen molar-refractivity contribution in [2.24, 2.45) is 0 Å². The van der Waals surface area contributed by atoms with Gasteiger partial charge in [0.25, 0.3) is 0 Å². The van der Waals surface area contributed by atoms with Gasteiger partial charge in [0.2, 0.25) is 0 Å². The molecular formula is C24H18O. The number of carbonyl (C=O) groups is 1. The van der Waals surface area contributed by atoms with Crippen LogP contribution in [-0.2, 0) is 0 Å². The van der Waals surface area contributed by atoms with Crippen LogP contribution in [0.15, 0.2) is 91.0 Å². The van der Waals surface area contributed by atoms with Crippen LogP contribution in [0.3, 0.4) is 0 Å². The minimum absolute atomic E-state index is 0.0956. The number of hydrogen-bond donors (Lipinski definition) is 0. The van der Waals surface area contributed by atoms with Crippen LogP contribution >= 0.6 is 0 Å². The molecule has 0 spiro atoms. The Morgan fingerprint density at radius 2 is 1.04 bits per heavy atom. The summed E-state index contributed by atoms with van der Waals surface area (Å²) in [5.74, 6) is 0.0956. The fraction of sp³-hybridized carbons (Fsp3) is 0.0417. The first-order valence-corrected chi connectivity index (χ1v) is 8.41. The summed E-state index contributed by atoms with van der Waals surface area (Å²) >= 11 is 0. The molecule has 0 saturated heterocycles. The molecule has 120 valence electrons. The Balaban J connectivity index is 1.65.